The third-order valence-corrected chi connectivity index (χ3v) is 2.53. The van der Waals surface area contributed by atoms with Gasteiger partial charge in [-0.05, 0) is 24.5 Å². The lowest BCUT2D eigenvalue weighted by Gasteiger charge is -2.06. The topological polar surface area (TPSA) is 55.1 Å². The Kier molecular flexibility index (Phi) is 5.40. The molecule has 0 saturated carbocycles. The summed E-state index contributed by atoms with van der Waals surface area (Å²) in [6.07, 6.45) is 3.37. The van der Waals surface area contributed by atoms with Crippen LogP contribution in [0.3, 0.4) is 0 Å². The van der Waals surface area contributed by atoms with Gasteiger partial charge in [-0.3, -0.25) is 4.79 Å². The first kappa shape index (κ1) is 12.6. The van der Waals surface area contributed by atoms with Crippen molar-refractivity contribution in [3.63, 3.8) is 0 Å². The van der Waals surface area contributed by atoms with Crippen molar-refractivity contribution in [2.75, 3.05) is 12.3 Å². The van der Waals surface area contributed by atoms with E-state index in [2.05, 4.69) is 12.2 Å². The molecule has 1 rings (SSSR count). The van der Waals surface area contributed by atoms with E-state index in [0.29, 0.717) is 12.8 Å². The summed E-state index contributed by atoms with van der Waals surface area (Å²) in [5.41, 5.74) is 7.61. The number of amides is 1. The van der Waals surface area contributed by atoms with Crippen LogP contribution in [0.5, 0.6) is 0 Å². The zero-order valence-electron chi connectivity index (χ0n) is 9.83. The number of hydrogen-bond donors (Lipinski definition) is 2. The highest BCUT2D eigenvalue weighted by atomic mass is 16.1. The van der Waals surface area contributed by atoms with Crippen LogP contribution in [0.4, 0.5) is 5.69 Å². The summed E-state index contributed by atoms with van der Waals surface area (Å²) in [4.78, 5) is 11.5. The highest BCUT2D eigenvalue weighted by Crippen LogP contribution is 2.12. The van der Waals surface area contributed by atoms with Gasteiger partial charge in [0.2, 0.25) is 5.91 Å². The minimum atomic E-state index is 0.108. The third kappa shape index (κ3) is 4.34. The first-order valence-electron chi connectivity index (χ1n) is 5.84. The Balaban J connectivity index is 2.29. The lowest BCUT2D eigenvalue weighted by molar-refractivity contribution is -0.121. The number of anilines is 1. The molecule has 0 aromatic heterocycles. The summed E-state index contributed by atoms with van der Waals surface area (Å²) in [6, 6.07) is 7.68. The highest BCUT2D eigenvalue weighted by molar-refractivity contribution is 5.76. The number of unbranched alkanes of at least 4 members (excludes halogenated alkanes) is 1. The van der Waals surface area contributed by atoms with E-state index in [-0.39, 0.29) is 5.91 Å². The van der Waals surface area contributed by atoms with E-state index in [1.807, 2.05) is 24.3 Å². The molecule has 1 aromatic carbocycles. The molecule has 0 unspecified atom stereocenters. The van der Waals surface area contributed by atoms with E-state index < -0.39 is 0 Å². The molecule has 88 valence electrons. The van der Waals surface area contributed by atoms with Crippen LogP contribution in [0.15, 0.2) is 24.3 Å². The number of rotatable bonds is 6. The summed E-state index contributed by atoms with van der Waals surface area (Å²) >= 11 is 0. The molecular weight excluding hydrogens is 200 g/mol. The molecule has 0 saturated heterocycles. The zero-order chi connectivity index (χ0) is 11.8. The summed E-state index contributed by atoms with van der Waals surface area (Å²) in [6.45, 7) is 2.89. The molecule has 0 fully saturated rings. The Labute approximate surface area is 97.0 Å². The number of para-hydroxylation sites is 1. The van der Waals surface area contributed by atoms with Crippen molar-refractivity contribution in [3.8, 4) is 0 Å². The van der Waals surface area contributed by atoms with Gasteiger partial charge in [0.15, 0.2) is 0 Å². The maximum atomic E-state index is 11.5. The predicted octanol–water partition coefficient (Wildman–Crippen LogP) is 2.12. The van der Waals surface area contributed by atoms with Gasteiger partial charge in [-0.2, -0.15) is 0 Å². The van der Waals surface area contributed by atoms with Gasteiger partial charge in [-0.1, -0.05) is 31.5 Å². The molecule has 0 aliphatic rings. The molecular formula is C13H20N2O. The van der Waals surface area contributed by atoms with E-state index in [9.17, 15) is 4.79 Å². The van der Waals surface area contributed by atoms with Gasteiger partial charge in [0.05, 0.1) is 0 Å². The molecule has 0 aliphatic heterocycles. The number of benzene rings is 1. The fourth-order valence-corrected chi connectivity index (χ4v) is 1.50. The molecule has 0 spiro atoms. The van der Waals surface area contributed by atoms with Crippen LogP contribution in [0.25, 0.3) is 0 Å². The van der Waals surface area contributed by atoms with Crippen molar-refractivity contribution < 1.29 is 4.79 Å². The fourth-order valence-electron chi connectivity index (χ4n) is 1.50. The molecule has 0 atom stereocenters. The van der Waals surface area contributed by atoms with E-state index in [4.69, 9.17) is 5.73 Å². The van der Waals surface area contributed by atoms with Crippen LogP contribution < -0.4 is 11.1 Å². The van der Waals surface area contributed by atoms with E-state index in [0.717, 1.165) is 30.6 Å². The van der Waals surface area contributed by atoms with Gasteiger partial charge >= 0.3 is 0 Å². The van der Waals surface area contributed by atoms with Crippen LogP contribution >= 0.6 is 0 Å². The second kappa shape index (κ2) is 6.88. The Hall–Kier alpha value is -1.51. The first-order valence-corrected chi connectivity index (χ1v) is 5.84. The highest BCUT2D eigenvalue weighted by Gasteiger charge is 2.03. The van der Waals surface area contributed by atoms with Crippen LogP contribution in [0.1, 0.15) is 31.7 Å². The number of hydrogen-bond acceptors (Lipinski definition) is 2. The van der Waals surface area contributed by atoms with Gasteiger partial charge in [-0.15, -0.1) is 0 Å². The maximum Gasteiger partial charge on any atom is 0.220 e. The number of carbonyl (C=O) groups excluding carboxylic acids is 1. The van der Waals surface area contributed by atoms with Crippen molar-refractivity contribution in [1.29, 1.82) is 0 Å². The standard InChI is InChI=1S/C13H20N2O/c1-2-3-10-15-13(16)9-8-11-6-4-5-7-12(11)14/h4-7H,2-3,8-10,14H2,1H3,(H,15,16). The molecule has 1 amide bonds. The molecule has 3 nitrogen and oxygen atoms in total. The lowest BCUT2D eigenvalue weighted by Crippen LogP contribution is -2.24. The predicted molar refractivity (Wildman–Crippen MR) is 67.1 cm³/mol. The quantitative estimate of drug-likeness (QED) is 0.570. The average molecular weight is 220 g/mol. The summed E-state index contributed by atoms with van der Waals surface area (Å²) < 4.78 is 0. The normalized spacial score (nSPS) is 10.1. The van der Waals surface area contributed by atoms with Crippen molar-refractivity contribution in [3.05, 3.63) is 29.8 Å². The van der Waals surface area contributed by atoms with Gasteiger partial charge < -0.3 is 11.1 Å². The smallest absolute Gasteiger partial charge is 0.220 e. The number of nitrogen functional groups attached to an aromatic ring is 1. The van der Waals surface area contributed by atoms with Gasteiger partial charge in [0.1, 0.15) is 0 Å². The van der Waals surface area contributed by atoms with E-state index in [1.165, 1.54) is 0 Å². The van der Waals surface area contributed by atoms with Gasteiger partial charge in [0.25, 0.3) is 0 Å². The fraction of sp³-hybridized carbons (Fsp3) is 0.462. The Morgan fingerprint density at radius 2 is 2.12 bits per heavy atom. The van der Waals surface area contributed by atoms with Crippen LogP contribution in [-0.2, 0) is 11.2 Å². The third-order valence-electron chi connectivity index (χ3n) is 2.53. The number of nitrogens with two attached hydrogens (primary N) is 1. The van der Waals surface area contributed by atoms with Crippen LogP contribution in [0, 0.1) is 0 Å². The minimum absolute atomic E-state index is 0.108. The second-order valence-corrected chi connectivity index (χ2v) is 3.90. The van der Waals surface area contributed by atoms with Crippen molar-refractivity contribution >= 4 is 11.6 Å². The molecule has 0 aliphatic carbocycles. The Bertz CT molecular complexity index is 336. The SMILES string of the molecule is CCCCNC(=O)CCc1ccccc1N. The summed E-state index contributed by atoms with van der Waals surface area (Å²) in [5, 5.41) is 2.89. The molecule has 1 aromatic rings. The summed E-state index contributed by atoms with van der Waals surface area (Å²) in [5.74, 6) is 0.108. The number of nitrogens with one attached hydrogen (secondary N) is 1. The molecule has 3 heteroatoms. The molecule has 3 N–H and O–H groups in total. The largest absolute Gasteiger partial charge is 0.399 e. The molecule has 16 heavy (non-hydrogen) atoms. The van der Waals surface area contributed by atoms with Crippen molar-refractivity contribution in [2.45, 2.75) is 32.6 Å². The molecule has 0 bridgehead atoms. The monoisotopic (exact) mass is 220 g/mol. The van der Waals surface area contributed by atoms with Gasteiger partial charge in [0, 0.05) is 18.7 Å². The van der Waals surface area contributed by atoms with Crippen LogP contribution in [0.2, 0.25) is 0 Å². The average Bonchev–Trinajstić information content (AvgIpc) is 2.28. The van der Waals surface area contributed by atoms with Crippen LogP contribution in [-0.4, -0.2) is 12.5 Å². The maximum absolute atomic E-state index is 11.5. The first-order chi connectivity index (χ1) is 7.74. The minimum Gasteiger partial charge on any atom is -0.399 e. The lowest BCUT2D eigenvalue weighted by atomic mass is 10.1. The van der Waals surface area contributed by atoms with Gasteiger partial charge in [-0.25, -0.2) is 0 Å². The Morgan fingerprint density at radius 3 is 2.81 bits per heavy atom. The number of carbonyl (C=O) groups is 1. The summed E-state index contributed by atoms with van der Waals surface area (Å²) in [7, 11) is 0. The Morgan fingerprint density at radius 1 is 1.38 bits per heavy atom. The van der Waals surface area contributed by atoms with Crippen molar-refractivity contribution in [1.82, 2.24) is 5.32 Å². The van der Waals surface area contributed by atoms with E-state index in [1.54, 1.807) is 0 Å². The molecule has 0 heterocycles. The molecule has 0 radical (unpaired) electrons. The second-order valence-electron chi connectivity index (χ2n) is 3.90. The number of aryl methyl sites for hydroxylation is 1. The van der Waals surface area contributed by atoms with Crippen molar-refractivity contribution in [2.24, 2.45) is 0 Å². The van der Waals surface area contributed by atoms with E-state index >= 15 is 0 Å². The zero-order valence-corrected chi connectivity index (χ0v) is 9.83.